The minimum atomic E-state index is 0. The van der Waals surface area contributed by atoms with E-state index in [2.05, 4.69) is 32.4 Å². The van der Waals surface area contributed by atoms with Crippen LogP contribution >= 0.6 is 35.5 Å². The molecule has 4 rings (SSSR count). The van der Waals surface area contributed by atoms with Gasteiger partial charge in [-0.15, -0.1) is 12.4 Å². The molecule has 1 saturated carbocycles. The molecule has 25 heavy (non-hydrogen) atoms. The van der Waals surface area contributed by atoms with Crippen molar-refractivity contribution < 1.29 is 4.79 Å². The molecule has 2 atom stereocenters. The van der Waals surface area contributed by atoms with Crippen LogP contribution in [0.1, 0.15) is 31.2 Å². The van der Waals surface area contributed by atoms with Crippen molar-refractivity contribution >= 4 is 41.4 Å². The Kier molecular flexibility index (Phi) is 6.71. The van der Waals surface area contributed by atoms with E-state index in [9.17, 15) is 4.79 Å². The van der Waals surface area contributed by atoms with Gasteiger partial charge in [-0.1, -0.05) is 0 Å². The van der Waals surface area contributed by atoms with Gasteiger partial charge in [-0.05, 0) is 60.2 Å². The normalized spacial score (nSPS) is 27.5. The molecule has 3 fully saturated rings. The summed E-state index contributed by atoms with van der Waals surface area (Å²) in [6.07, 6.45) is 4.31. The number of amides is 1. The Bertz CT molecular complexity index is 557. The van der Waals surface area contributed by atoms with E-state index in [0.29, 0.717) is 29.8 Å². The molecule has 1 spiro atoms. The van der Waals surface area contributed by atoms with Gasteiger partial charge >= 0.3 is 0 Å². The lowest BCUT2D eigenvalue weighted by Gasteiger charge is -2.31. The van der Waals surface area contributed by atoms with Gasteiger partial charge in [0.15, 0.2) is 0 Å². The maximum absolute atomic E-state index is 13.1. The Morgan fingerprint density at radius 3 is 2.84 bits per heavy atom. The van der Waals surface area contributed by atoms with Crippen LogP contribution in [0.3, 0.4) is 0 Å². The molecule has 2 unspecified atom stereocenters. The molecule has 1 aliphatic carbocycles. The molecule has 2 N–H and O–H groups in total. The Hall–Kier alpha value is -0.270. The van der Waals surface area contributed by atoms with Gasteiger partial charge in [0.05, 0.1) is 0 Å². The Balaban J connectivity index is 0.00000182. The second kappa shape index (κ2) is 8.61. The fraction of sp³-hybridized carbons (Fsp3) is 0.722. The lowest BCUT2D eigenvalue weighted by molar-refractivity contribution is -0.133. The van der Waals surface area contributed by atoms with Crippen LogP contribution in [0.2, 0.25) is 0 Å². The van der Waals surface area contributed by atoms with Gasteiger partial charge in [-0.3, -0.25) is 4.79 Å². The summed E-state index contributed by atoms with van der Waals surface area (Å²) in [6.45, 7) is 4.05. The molecule has 1 aromatic heterocycles. The predicted octanol–water partition coefficient (Wildman–Crippen LogP) is 2.74. The predicted molar refractivity (Wildman–Crippen MR) is 109 cm³/mol. The number of carbonyl (C=O) groups excluding carboxylic acids is 1. The zero-order valence-corrected chi connectivity index (χ0v) is 17.0. The first kappa shape index (κ1) is 19.5. The lowest BCUT2D eigenvalue weighted by Crippen LogP contribution is -2.44. The summed E-state index contributed by atoms with van der Waals surface area (Å²) in [4.78, 5) is 15.3. The molecule has 0 radical (unpaired) electrons. The van der Waals surface area contributed by atoms with Crippen LogP contribution in [-0.4, -0.2) is 54.0 Å². The highest BCUT2D eigenvalue weighted by Gasteiger charge is 2.57. The molecular weight excluding hydrogens is 374 g/mol. The van der Waals surface area contributed by atoms with Gasteiger partial charge in [0.25, 0.3) is 0 Å². The van der Waals surface area contributed by atoms with E-state index in [4.69, 9.17) is 0 Å². The Morgan fingerprint density at radius 1 is 1.32 bits per heavy atom. The van der Waals surface area contributed by atoms with Gasteiger partial charge in [0, 0.05) is 43.1 Å². The molecule has 1 aromatic rings. The third kappa shape index (κ3) is 4.53. The minimum Gasteiger partial charge on any atom is -0.335 e. The smallest absolute Gasteiger partial charge is 0.224 e. The zero-order valence-electron chi connectivity index (χ0n) is 14.5. The highest BCUT2D eigenvalue weighted by Crippen LogP contribution is 2.56. The monoisotopic (exact) mass is 401 g/mol. The number of halogens is 1. The molecule has 3 heterocycles. The summed E-state index contributed by atoms with van der Waals surface area (Å²) in [5, 5.41) is 11.3. The van der Waals surface area contributed by atoms with Gasteiger partial charge < -0.3 is 15.5 Å². The van der Waals surface area contributed by atoms with E-state index >= 15 is 0 Å². The average molecular weight is 402 g/mol. The maximum Gasteiger partial charge on any atom is 0.224 e. The van der Waals surface area contributed by atoms with Gasteiger partial charge in [0.1, 0.15) is 0 Å². The largest absolute Gasteiger partial charge is 0.335 e. The van der Waals surface area contributed by atoms with E-state index in [-0.39, 0.29) is 12.4 Å². The molecule has 7 heteroatoms. The first-order valence-corrected chi connectivity index (χ1v) is 11.2. The van der Waals surface area contributed by atoms with Crippen molar-refractivity contribution in [2.45, 2.75) is 44.3 Å². The van der Waals surface area contributed by atoms with Crippen molar-refractivity contribution in [3.63, 3.8) is 0 Å². The Morgan fingerprint density at radius 2 is 2.16 bits per heavy atom. The number of thiophene rings is 1. The topological polar surface area (TPSA) is 44.4 Å². The highest BCUT2D eigenvalue weighted by molar-refractivity contribution is 7.99. The summed E-state index contributed by atoms with van der Waals surface area (Å²) in [5.41, 5.74) is 1.70. The van der Waals surface area contributed by atoms with Crippen LogP contribution in [0.15, 0.2) is 16.8 Å². The quantitative estimate of drug-likeness (QED) is 0.796. The highest BCUT2D eigenvalue weighted by atomic mass is 35.5. The number of thioether (sulfide) groups is 1. The van der Waals surface area contributed by atoms with Crippen molar-refractivity contribution in [1.29, 1.82) is 0 Å². The molecule has 4 nitrogen and oxygen atoms in total. The van der Waals surface area contributed by atoms with E-state index in [1.807, 2.05) is 11.8 Å². The standard InChI is InChI=1S/C18H27N3OS2.ClH/c22-17(9-15-13-24-8-6-20-15)21(11-14-1-7-23-12-14)16-10-18(16)2-4-19-5-3-18;/h1,7,12,15-16,19-20H,2-6,8-11,13H2;1H. The van der Waals surface area contributed by atoms with Crippen molar-refractivity contribution in [2.75, 3.05) is 31.1 Å². The second-order valence-electron chi connectivity index (χ2n) is 7.42. The third-order valence-corrected chi connectivity index (χ3v) is 7.66. The first-order valence-electron chi connectivity index (χ1n) is 9.09. The van der Waals surface area contributed by atoms with E-state index in [0.717, 1.165) is 31.9 Å². The van der Waals surface area contributed by atoms with Crippen LogP contribution in [0, 0.1) is 5.41 Å². The summed E-state index contributed by atoms with van der Waals surface area (Å²) in [6, 6.07) is 2.98. The van der Waals surface area contributed by atoms with Crippen molar-refractivity contribution in [1.82, 2.24) is 15.5 Å². The number of nitrogens with zero attached hydrogens (tertiary/aromatic N) is 1. The minimum absolute atomic E-state index is 0. The van der Waals surface area contributed by atoms with Crippen molar-refractivity contribution in [3.05, 3.63) is 22.4 Å². The number of rotatable bonds is 5. The summed E-state index contributed by atoms with van der Waals surface area (Å²) in [5.74, 6) is 2.58. The summed E-state index contributed by atoms with van der Waals surface area (Å²) < 4.78 is 0. The number of nitrogens with one attached hydrogen (secondary N) is 2. The van der Waals surface area contributed by atoms with Gasteiger partial charge in [-0.25, -0.2) is 0 Å². The fourth-order valence-corrected chi connectivity index (χ4v) is 5.87. The summed E-state index contributed by atoms with van der Waals surface area (Å²) >= 11 is 3.69. The average Bonchev–Trinajstić information content (AvgIpc) is 3.05. The number of hydrogen-bond acceptors (Lipinski definition) is 5. The number of hydrogen-bond donors (Lipinski definition) is 2. The maximum atomic E-state index is 13.1. The van der Waals surface area contributed by atoms with Crippen LogP contribution in [0.5, 0.6) is 0 Å². The number of piperidine rings is 1. The molecule has 0 aromatic carbocycles. The molecule has 2 saturated heterocycles. The van der Waals surface area contributed by atoms with E-state index < -0.39 is 0 Å². The van der Waals surface area contributed by atoms with Crippen LogP contribution in [0.4, 0.5) is 0 Å². The van der Waals surface area contributed by atoms with Crippen LogP contribution in [-0.2, 0) is 11.3 Å². The van der Waals surface area contributed by atoms with Crippen LogP contribution in [0.25, 0.3) is 0 Å². The van der Waals surface area contributed by atoms with Crippen LogP contribution < -0.4 is 10.6 Å². The molecule has 3 aliphatic rings. The molecule has 140 valence electrons. The summed E-state index contributed by atoms with van der Waals surface area (Å²) in [7, 11) is 0. The van der Waals surface area contributed by atoms with Crippen molar-refractivity contribution in [3.8, 4) is 0 Å². The third-order valence-electron chi connectivity index (χ3n) is 5.80. The molecule has 2 aliphatic heterocycles. The van der Waals surface area contributed by atoms with Gasteiger partial charge in [0.2, 0.25) is 5.91 Å². The zero-order chi connectivity index (χ0) is 16.4. The Labute approximate surface area is 164 Å². The van der Waals surface area contributed by atoms with Gasteiger partial charge in [-0.2, -0.15) is 23.1 Å². The molecule has 0 bridgehead atoms. The van der Waals surface area contributed by atoms with Crippen molar-refractivity contribution in [2.24, 2.45) is 5.41 Å². The molecule has 1 amide bonds. The number of carbonyl (C=O) groups is 1. The van der Waals surface area contributed by atoms with E-state index in [1.54, 1.807) is 11.3 Å². The lowest BCUT2D eigenvalue weighted by atomic mass is 9.93. The van der Waals surface area contributed by atoms with E-state index in [1.165, 1.54) is 30.6 Å². The second-order valence-corrected chi connectivity index (χ2v) is 9.35. The SMILES string of the molecule is Cl.O=C(CC1CSCCN1)N(Cc1ccsc1)C1CC12CCNCC2. The first-order chi connectivity index (χ1) is 11.8. The molecular formula is C18H28ClN3OS2. The fourth-order valence-electron chi connectivity index (χ4n) is 4.26.